The summed E-state index contributed by atoms with van der Waals surface area (Å²) in [5.41, 5.74) is 0.791. The Morgan fingerprint density at radius 3 is 2.77 bits per heavy atom. The second kappa shape index (κ2) is 6.05. The molecule has 1 amide bonds. The number of carbonyl (C=O) groups is 2. The number of oxazole rings is 1. The second-order valence-electron chi connectivity index (χ2n) is 5.68. The van der Waals surface area contributed by atoms with Crippen molar-refractivity contribution < 1.29 is 19.1 Å². The number of carboxylic acid groups (broad SMARTS) is 1. The van der Waals surface area contributed by atoms with E-state index in [0.29, 0.717) is 23.9 Å². The molecule has 118 valence electrons. The summed E-state index contributed by atoms with van der Waals surface area (Å²) in [6.07, 6.45) is 1.43. The molecule has 0 saturated carbocycles. The molecular formula is C15H18N2O5. The summed E-state index contributed by atoms with van der Waals surface area (Å²) in [7, 11) is 0. The van der Waals surface area contributed by atoms with E-state index in [9.17, 15) is 14.4 Å². The summed E-state index contributed by atoms with van der Waals surface area (Å²) in [6, 6.07) is 5.36. The van der Waals surface area contributed by atoms with E-state index < -0.39 is 17.3 Å². The van der Waals surface area contributed by atoms with Crippen molar-refractivity contribution in [1.82, 2.24) is 10.3 Å². The zero-order valence-electron chi connectivity index (χ0n) is 12.4. The number of hydrogen-bond acceptors (Lipinski definition) is 4. The Morgan fingerprint density at radius 2 is 2.09 bits per heavy atom. The van der Waals surface area contributed by atoms with E-state index in [0.717, 1.165) is 5.56 Å². The first-order valence-corrected chi connectivity index (χ1v) is 6.94. The number of H-pyrrole nitrogens is 1. The van der Waals surface area contributed by atoms with Crippen molar-refractivity contribution in [2.24, 2.45) is 0 Å². The van der Waals surface area contributed by atoms with Crippen molar-refractivity contribution in [3.8, 4) is 0 Å². The second-order valence-corrected chi connectivity index (χ2v) is 5.68. The van der Waals surface area contributed by atoms with Crippen molar-refractivity contribution in [3.05, 3.63) is 34.3 Å². The first kappa shape index (κ1) is 15.8. The number of carbonyl (C=O) groups excluding carboxylic acids is 1. The Bertz CT molecular complexity index is 757. The molecule has 0 bridgehead atoms. The number of rotatable bonds is 6. The van der Waals surface area contributed by atoms with Gasteiger partial charge in [-0.15, -0.1) is 0 Å². The number of benzene rings is 1. The van der Waals surface area contributed by atoms with Gasteiger partial charge < -0.3 is 14.8 Å². The van der Waals surface area contributed by atoms with Gasteiger partial charge in [-0.25, -0.2) is 9.59 Å². The standard InChI is InChI=1S/C15H18N2O5/c1-15(2,13(19)20)17-12(18)5-3-4-9-6-7-10-11(8-9)22-14(21)16-10/h6-8H,3-5H2,1-2H3,(H,16,21)(H,17,18)(H,19,20). The molecule has 0 aliphatic heterocycles. The lowest BCUT2D eigenvalue weighted by molar-refractivity contribution is -0.146. The molecule has 0 unspecified atom stereocenters. The van der Waals surface area contributed by atoms with Crippen molar-refractivity contribution in [2.45, 2.75) is 38.6 Å². The lowest BCUT2D eigenvalue weighted by Gasteiger charge is -2.20. The summed E-state index contributed by atoms with van der Waals surface area (Å²) in [6.45, 7) is 2.88. The topological polar surface area (TPSA) is 112 Å². The van der Waals surface area contributed by atoms with Gasteiger partial charge >= 0.3 is 11.7 Å². The first-order chi connectivity index (χ1) is 10.3. The number of fused-ring (bicyclic) bond motifs is 1. The molecule has 0 aliphatic carbocycles. The fraction of sp³-hybridized carbons (Fsp3) is 0.400. The largest absolute Gasteiger partial charge is 0.480 e. The number of aliphatic carboxylic acids is 1. The third kappa shape index (κ3) is 3.75. The molecule has 0 spiro atoms. The van der Waals surface area contributed by atoms with E-state index in [1.165, 1.54) is 13.8 Å². The van der Waals surface area contributed by atoms with Crippen LogP contribution in [0.2, 0.25) is 0 Å². The molecule has 1 aromatic carbocycles. The van der Waals surface area contributed by atoms with Crippen LogP contribution in [0.15, 0.2) is 27.4 Å². The highest BCUT2D eigenvalue weighted by molar-refractivity contribution is 5.86. The van der Waals surface area contributed by atoms with Gasteiger partial charge in [0.15, 0.2) is 5.58 Å². The lowest BCUT2D eigenvalue weighted by atomic mass is 10.0. The van der Waals surface area contributed by atoms with E-state index in [1.54, 1.807) is 12.1 Å². The van der Waals surface area contributed by atoms with E-state index in [2.05, 4.69) is 10.3 Å². The minimum Gasteiger partial charge on any atom is -0.480 e. The molecule has 7 nitrogen and oxygen atoms in total. The zero-order valence-corrected chi connectivity index (χ0v) is 12.4. The highest BCUT2D eigenvalue weighted by atomic mass is 16.4. The Kier molecular flexibility index (Phi) is 4.35. The van der Waals surface area contributed by atoms with Crippen LogP contribution >= 0.6 is 0 Å². The van der Waals surface area contributed by atoms with Crippen LogP contribution in [0.4, 0.5) is 0 Å². The van der Waals surface area contributed by atoms with Gasteiger partial charge in [0, 0.05) is 6.42 Å². The number of aromatic amines is 1. The van der Waals surface area contributed by atoms with Crippen LogP contribution in [0.25, 0.3) is 11.1 Å². The van der Waals surface area contributed by atoms with Crippen molar-refractivity contribution >= 4 is 23.0 Å². The highest BCUT2D eigenvalue weighted by Gasteiger charge is 2.28. The predicted molar refractivity (Wildman–Crippen MR) is 79.6 cm³/mol. The molecule has 7 heteroatoms. The molecule has 22 heavy (non-hydrogen) atoms. The van der Waals surface area contributed by atoms with E-state index in [1.807, 2.05) is 6.07 Å². The monoisotopic (exact) mass is 306 g/mol. The molecular weight excluding hydrogens is 288 g/mol. The maximum absolute atomic E-state index is 11.7. The van der Waals surface area contributed by atoms with Crippen LogP contribution in [-0.4, -0.2) is 27.5 Å². The average Bonchev–Trinajstić information content (AvgIpc) is 2.77. The van der Waals surface area contributed by atoms with Gasteiger partial charge in [-0.1, -0.05) is 6.07 Å². The molecule has 2 aromatic rings. The van der Waals surface area contributed by atoms with Crippen LogP contribution < -0.4 is 11.1 Å². The fourth-order valence-corrected chi connectivity index (χ4v) is 2.06. The molecule has 0 saturated heterocycles. The van der Waals surface area contributed by atoms with Crippen LogP contribution in [0.3, 0.4) is 0 Å². The molecule has 1 aromatic heterocycles. The van der Waals surface area contributed by atoms with Crippen LogP contribution in [0, 0.1) is 0 Å². The first-order valence-electron chi connectivity index (χ1n) is 6.94. The van der Waals surface area contributed by atoms with Crippen molar-refractivity contribution in [3.63, 3.8) is 0 Å². The molecule has 3 N–H and O–H groups in total. The normalized spacial score (nSPS) is 11.5. The third-order valence-corrected chi connectivity index (χ3v) is 3.34. The van der Waals surface area contributed by atoms with E-state index >= 15 is 0 Å². The number of aryl methyl sites for hydroxylation is 1. The van der Waals surface area contributed by atoms with Gasteiger partial charge in [-0.05, 0) is 44.4 Å². The van der Waals surface area contributed by atoms with Gasteiger partial charge in [-0.2, -0.15) is 0 Å². The quantitative estimate of drug-likeness (QED) is 0.747. The smallest absolute Gasteiger partial charge is 0.417 e. The summed E-state index contributed by atoms with van der Waals surface area (Å²) in [5, 5.41) is 11.4. The highest BCUT2D eigenvalue weighted by Crippen LogP contribution is 2.14. The Balaban J connectivity index is 1.88. The van der Waals surface area contributed by atoms with Gasteiger partial charge in [-0.3, -0.25) is 9.78 Å². The maximum atomic E-state index is 11.7. The van der Waals surface area contributed by atoms with Crippen LogP contribution in [0.5, 0.6) is 0 Å². The number of carboxylic acids is 1. The van der Waals surface area contributed by atoms with E-state index in [4.69, 9.17) is 9.52 Å². The van der Waals surface area contributed by atoms with Crippen molar-refractivity contribution in [2.75, 3.05) is 0 Å². The van der Waals surface area contributed by atoms with Gasteiger partial charge in [0.25, 0.3) is 0 Å². The van der Waals surface area contributed by atoms with Crippen LogP contribution in [0.1, 0.15) is 32.3 Å². The third-order valence-electron chi connectivity index (χ3n) is 3.34. The minimum absolute atomic E-state index is 0.228. The Labute approximate surface area is 126 Å². The Hall–Kier alpha value is -2.57. The summed E-state index contributed by atoms with van der Waals surface area (Å²) in [5.74, 6) is -1.88. The van der Waals surface area contributed by atoms with Crippen molar-refractivity contribution in [1.29, 1.82) is 0 Å². The van der Waals surface area contributed by atoms with Gasteiger partial charge in [0.05, 0.1) is 5.52 Å². The number of amides is 1. The molecule has 0 fully saturated rings. The predicted octanol–water partition coefficient (Wildman–Crippen LogP) is 1.42. The number of nitrogens with one attached hydrogen (secondary N) is 2. The van der Waals surface area contributed by atoms with E-state index in [-0.39, 0.29) is 12.3 Å². The fourth-order valence-electron chi connectivity index (χ4n) is 2.06. The average molecular weight is 306 g/mol. The summed E-state index contributed by atoms with van der Waals surface area (Å²) in [4.78, 5) is 36.3. The zero-order chi connectivity index (χ0) is 16.3. The van der Waals surface area contributed by atoms with Crippen LogP contribution in [-0.2, 0) is 16.0 Å². The molecule has 0 radical (unpaired) electrons. The maximum Gasteiger partial charge on any atom is 0.417 e. The molecule has 0 aliphatic rings. The summed E-state index contributed by atoms with van der Waals surface area (Å²) >= 11 is 0. The lowest BCUT2D eigenvalue weighted by Crippen LogP contribution is -2.49. The SMILES string of the molecule is CC(C)(NC(=O)CCCc1ccc2[nH]c(=O)oc2c1)C(=O)O. The molecule has 1 heterocycles. The number of aromatic nitrogens is 1. The molecule has 0 atom stereocenters. The van der Waals surface area contributed by atoms with Gasteiger partial charge in [0.2, 0.25) is 5.91 Å². The number of hydrogen-bond donors (Lipinski definition) is 3. The van der Waals surface area contributed by atoms with Gasteiger partial charge in [0.1, 0.15) is 5.54 Å². The Morgan fingerprint density at radius 1 is 1.36 bits per heavy atom. The molecule has 2 rings (SSSR count). The summed E-state index contributed by atoms with van der Waals surface area (Å²) < 4.78 is 4.97. The minimum atomic E-state index is -1.27.